The molecule has 8 nitrogen and oxygen atoms in total. The number of hydrogen-bond acceptors (Lipinski definition) is 5. The number of piperidine rings is 1. The van der Waals surface area contributed by atoms with Crippen LogP contribution in [0.25, 0.3) is 0 Å². The molecule has 1 aromatic heterocycles. The molecule has 0 atom stereocenters. The molecule has 9 heteroatoms. The number of carbonyl (C=O) groups is 1. The average molecular weight is 345 g/mol. The van der Waals surface area contributed by atoms with Gasteiger partial charge >= 0.3 is 5.97 Å². The lowest BCUT2D eigenvalue weighted by atomic mass is 9.70. The minimum atomic E-state index is -3.71. The van der Waals surface area contributed by atoms with Crippen molar-refractivity contribution in [3.63, 3.8) is 0 Å². The number of aliphatic hydroxyl groups is 1. The van der Waals surface area contributed by atoms with E-state index in [1.165, 1.54) is 18.2 Å². The minimum absolute atomic E-state index is 0.0691. The summed E-state index contributed by atoms with van der Waals surface area (Å²) in [6.45, 7) is 6.32. The largest absolute Gasteiger partial charge is 0.481 e. The quantitative estimate of drug-likeness (QED) is 0.736. The number of aryl methyl sites for hydroxylation is 2. The first-order valence-corrected chi connectivity index (χ1v) is 8.85. The molecule has 1 aliphatic rings. The van der Waals surface area contributed by atoms with E-state index in [-0.39, 0.29) is 30.8 Å². The van der Waals surface area contributed by atoms with Crippen molar-refractivity contribution < 1.29 is 23.4 Å². The fraction of sp³-hybridized carbons (Fsp3) is 0.714. The van der Waals surface area contributed by atoms with Crippen molar-refractivity contribution >= 4 is 16.0 Å². The standard InChI is InChI=1S/C14H23N3O5S/c1-9-11(10(2)16-15-9)23(21,22)17-7-5-14(20,6-8-17)13(3,4)12(18)19/h20H,5-8H2,1-4H3,(H,15,16)(H,18,19). The molecule has 2 rings (SSSR count). The van der Waals surface area contributed by atoms with Crippen molar-refractivity contribution in [3.05, 3.63) is 11.4 Å². The van der Waals surface area contributed by atoms with Crippen LogP contribution in [0, 0.1) is 19.3 Å². The van der Waals surface area contributed by atoms with Gasteiger partial charge in [-0.05, 0) is 40.5 Å². The molecule has 1 fully saturated rings. The third-order valence-corrected chi connectivity index (χ3v) is 7.07. The van der Waals surface area contributed by atoms with Gasteiger partial charge in [-0.15, -0.1) is 0 Å². The van der Waals surface area contributed by atoms with Crippen molar-refractivity contribution in [2.24, 2.45) is 5.41 Å². The zero-order chi connectivity index (χ0) is 17.6. The Morgan fingerprint density at radius 3 is 2.22 bits per heavy atom. The summed E-state index contributed by atoms with van der Waals surface area (Å²) in [4.78, 5) is 11.5. The van der Waals surface area contributed by atoms with Crippen LogP contribution in [0.5, 0.6) is 0 Å². The SMILES string of the molecule is Cc1n[nH]c(C)c1S(=O)(=O)N1CCC(O)(C(C)(C)C(=O)O)CC1. The molecule has 0 spiro atoms. The van der Waals surface area contributed by atoms with Gasteiger partial charge < -0.3 is 10.2 Å². The van der Waals surface area contributed by atoms with Crippen LogP contribution in [0.3, 0.4) is 0 Å². The van der Waals surface area contributed by atoms with E-state index in [0.717, 1.165) is 0 Å². The Labute approximate surface area is 135 Å². The van der Waals surface area contributed by atoms with E-state index in [1.807, 2.05) is 0 Å². The van der Waals surface area contributed by atoms with E-state index in [0.29, 0.717) is 11.4 Å². The smallest absolute Gasteiger partial charge is 0.312 e. The molecule has 0 bridgehead atoms. The molecule has 0 radical (unpaired) electrons. The Hall–Kier alpha value is -1.45. The van der Waals surface area contributed by atoms with Gasteiger partial charge in [-0.2, -0.15) is 9.40 Å². The van der Waals surface area contributed by atoms with Crippen LogP contribution in [-0.2, 0) is 14.8 Å². The molecule has 1 aliphatic heterocycles. The van der Waals surface area contributed by atoms with Crippen LogP contribution < -0.4 is 0 Å². The van der Waals surface area contributed by atoms with Crippen LogP contribution in [0.2, 0.25) is 0 Å². The summed E-state index contributed by atoms with van der Waals surface area (Å²) in [5.74, 6) is -1.10. The maximum atomic E-state index is 12.8. The summed E-state index contributed by atoms with van der Waals surface area (Å²) in [5, 5.41) is 26.5. The minimum Gasteiger partial charge on any atom is -0.481 e. The zero-order valence-corrected chi connectivity index (χ0v) is 14.6. The molecule has 23 heavy (non-hydrogen) atoms. The summed E-state index contributed by atoms with van der Waals surface area (Å²) in [6.07, 6.45) is 0.142. The van der Waals surface area contributed by atoms with Crippen molar-refractivity contribution in [2.75, 3.05) is 13.1 Å². The van der Waals surface area contributed by atoms with Crippen LogP contribution in [0.1, 0.15) is 38.1 Å². The van der Waals surface area contributed by atoms with Crippen LogP contribution in [-0.4, -0.2) is 57.8 Å². The second kappa shape index (κ2) is 5.57. The summed E-state index contributed by atoms with van der Waals surface area (Å²) in [5.41, 5.74) is -1.92. The van der Waals surface area contributed by atoms with Gasteiger partial charge in [-0.25, -0.2) is 8.42 Å². The second-order valence-corrected chi connectivity index (χ2v) is 8.50. The first-order chi connectivity index (χ1) is 10.4. The van der Waals surface area contributed by atoms with E-state index in [2.05, 4.69) is 10.2 Å². The highest BCUT2D eigenvalue weighted by molar-refractivity contribution is 7.89. The molecule has 0 amide bonds. The first kappa shape index (κ1) is 17.9. The van der Waals surface area contributed by atoms with Gasteiger partial charge in [0.1, 0.15) is 4.90 Å². The highest BCUT2D eigenvalue weighted by Crippen LogP contribution is 2.40. The predicted octanol–water partition coefficient (Wildman–Crippen LogP) is 0.653. The molecule has 130 valence electrons. The van der Waals surface area contributed by atoms with E-state index < -0.39 is 27.0 Å². The van der Waals surface area contributed by atoms with Gasteiger partial charge in [0.25, 0.3) is 0 Å². The molecule has 0 aliphatic carbocycles. The number of carboxylic acids is 1. The number of rotatable bonds is 4. The maximum absolute atomic E-state index is 12.8. The van der Waals surface area contributed by atoms with E-state index >= 15 is 0 Å². The normalized spacial score (nSPS) is 19.7. The second-order valence-electron chi connectivity index (χ2n) is 6.63. The van der Waals surface area contributed by atoms with Gasteiger partial charge in [0.2, 0.25) is 10.0 Å². The van der Waals surface area contributed by atoms with Crippen molar-refractivity contribution in [1.82, 2.24) is 14.5 Å². The fourth-order valence-electron chi connectivity index (χ4n) is 2.97. The lowest BCUT2D eigenvalue weighted by molar-refractivity contribution is -0.169. The molecule has 0 saturated carbocycles. The number of nitrogens with one attached hydrogen (secondary N) is 1. The predicted molar refractivity (Wildman–Crippen MR) is 82.4 cm³/mol. The molecule has 0 unspecified atom stereocenters. The van der Waals surface area contributed by atoms with Gasteiger partial charge in [0.15, 0.2) is 0 Å². The Balaban J connectivity index is 2.24. The van der Waals surface area contributed by atoms with Crippen LogP contribution in [0.4, 0.5) is 0 Å². The lowest BCUT2D eigenvalue weighted by Crippen LogP contribution is -2.56. The number of H-pyrrole nitrogens is 1. The Morgan fingerprint density at radius 1 is 1.30 bits per heavy atom. The number of aromatic nitrogens is 2. The van der Waals surface area contributed by atoms with E-state index in [4.69, 9.17) is 0 Å². The van der Waals surface area contributed by atoms with Crippen LogP contribution >= 0.6 is 0 Å². The van der Waals surface area contributed by atoms with Crippen molar-refractivity contribution in [3.8, 4) is 0 Å². The number of aromatic amines is 1. The number of carboxylic acid groups (broad SMARTS) is 1. The summed E-state index contributed by atoms with van der Waals surface area (Å²) >= 11 is 0. The third kappa shape index (κ3) is 2.77. The third-order valence-electron chi connectivity index (χ3n) is 4.91. The monoisotopic (exact) mass is 345 g/mol. The van der Waals surface area contributed by atoms with Crippen molar-refractivity contribution in [2.45, 2.75) is 51.0 Å². The summed E-state index contributed by atoms with van der Waals surface area (Å²) in [6, 6.07) is 0. The number of sulfonamides is 1. The molecule has 2 heterocycles. The lowest BCUT2D eigenvalue weighted by Gasteiger charge is -2.44. The first-order valence-electron chi connectivity index (χ1n) is 7.41. The molecule has 3 N–H and O–H groups in total. The summed E-state index contributed by atoms with van der Waals surface area (Å²) in [7, 11) is -3.71. The average Bonchev–Trinajstić information content (AvgIpc) is 2.78. The van der Waals surface area contributed by atoms with E-state index in [1.54, 1.807) is 13.8 Å². The highest BCUT2D eigenvalue weighted by Gasteiger charge is 2.51. The topological polar surface area (TPSA) is 124 Å². The zero-order valence-electron chi connectivity index (χ0n) is 13.8. The van der Waals surface area contributed by atoms with Gasteiger partial charge in [-0.1, -0.05) is 0 Å². The fourth-order valence-corrected chi connectivity index (χ4v) is 4.74. The molecule has 1 aromatic rings. The van der Waals surface area contributed by atoms with Gasteiger partial charge in [0, 0.05) is 13.1 Å². The van der Waals surface area contributed by atoms with Crippen LogP contribution in [0.15, 0.2) is 4.90 Å². The Morgan fingerprint density at radius 2 is 1.83 bits per heavy atom. The maximum Gasteiger partial charge on any atom is 0.312 e. The van der Waals surface area contributed by atoms with Gasteiger partial charge in [0.05, 0.1) is 22.4 Å². The molecular formula is C14H23N3O5S. The number of hydrogen-bond donors (Lipinski definition) is 3. The van der Waals surface area contributed by atoms with Crippen molar-refractivity contribution in [1.29, 1.82) is 0 Å². The van der Waals surface area contributed by atoms with Gasteiger partial charge in [-0.3, -0.25) is 9.89 Å². The highest BCUT2D eigenvalue weighted by atomic mass is 32.2. The molecule has 0 aromatic carbocycles. The Kier molecular flexibility index (Phi) is 4.33. The number of nitrogens with zero attached hydrogens (tertiary/aromatic N) is 2. The molecule has 1 saturated heterocycles. The van der Waals surface area contributed by atoms with E-state index in [9.17, 15) is 23.4 Å². The molecular weight excluding hydrogens is 322 g/mol. The number of aliphatic carboxylic acids is 1. The Bertz CT molecular complexity index is 695. The summed E-state index contributed by atoms with van der Waals surface area (Å²) < 4.78 is 26.8.